The van der Waals surface area contributed by atoms with E-state index in [4.69, 9.17) is 29.4 Å². The number of benzene rings is 3. The molecule has 7 rings (SSSR count). The summed E-state index contributed by atoms with van der Waals surface area (Å²) in [7, 11) is -7.59. The standard InChI is InChI=1S/C50H64F3N5O12SSi2/c1-32-22-37-39(57(30-66-18-20-72(3,4)5)49(62)42-24-36(29-56(42)46(37)59)70-71(63,64)50(51,52)53)26-43(32)68-16-10-9-11-17-69-45-27-40-38(25-44(45)65-2)47(60)55-28-34(33-12-14-35(54)15-13-33)23-41(55)48(61)58(40)31-67-19-21-73(6,7)8/h12-15,22,25-29,41-42H,9-11,16-21,23-24,30-31,54H2,1-8H3/t41-,42-/m0/s1. The number of carbonyl (C=O) groups excluding carboxylic acids is 4. The number of nitrogens with zero attached hydrogens (tertiary/aromatic N) is 4. The predicted octanol–water partition coefficient (Wildman–Crippen LogP) is 8.71. The van der Waals surface area contributed by atoms with Crippen molar-refractivity contribution in [3.63, 3.8) is 0 Å². The number of unbranched alkanes of at least 4 members (excludes halogenated alkanes) is 2. The summed E-state index contributed by atoms with van der Waals surface area (Å²) in [5, 5.41) is 0. The Morgan fingerprint density at radius 3 is 1.71 bits per heavy atom. The fourth-order valence-corrected chi connectivity index (χ4v) is 10.5. The van der Waals surface area contributed by atoms with Crippen molar-refractivity contribution < 1.29 is 68.6 Å². The molecule has 4 aliphatic rings. The van der Waals surface area contributed by atoms with Crippen LogP contribution in [0.3, 0.4) is 0 Å². The van der Waals surface area contributed by atoms with E-state index in [0.717, 1.165) is 34.3 Å². The number of methoxy groups -OCH3 is 1. The van der Waals surface area contributed by atoms with Crippen LogP contribution in [0.15, 0.2) is 66.7 Å². The van der Waals surface area contributed by atoms with Gasteiger partial charge in [0.05, 0.1) is 42.8 Å². The molecule has 3 aromatic rings. The summed E-state index contributed by atoms with van der Waals surface area (Å²) < 4.78 is 97.9. The molecule has 4 amide bonds. The van der Waals surface area contributed by atoms with E-state index in [-0.39, 0.29) is 55.3 Å². The molecule has 396 valence electrons. The van der Waals surface area contributed by atoms with Crippen LogP contribution in [0.1, 0.15) is 63.9 Å². The van der Waals surface area contributed by atoms with Gasteiger partial charge >= 0.3 is 15.6 Å². The van der Waals surface area contributed by atoms with E-state index in [2.05, 4.69) is 43.5 Å². The average Bonchev–Trinajstić information content (AvgIpc) is 3.92. The minimum absolute atomic E-state index is 0.0307. The lowest BCUT2D eigenvalue weighted by Crippen LogP contribution is -2.45. The summed E-state index contributed by atoms with van der Waals surface area (Å²) in [4.78, 5) is 62.1. The maximum absolute atomic E-state index is 14.5. The third-order valence-electron chi connectivity index (χ3n) is 12.8. The third-order valence-corrected chi connectivity index (χ3v) is 17.2. The number of hydrogen-bond acceptors (Lipinski definition) is 13. The number of fused-ring (bicyclic) bond motifs is 4. The predicted molar refractivity (Wildman–Crippen MR) is 274 cm³/mol. The van der Waals surface area contributed by atoms with Crippen molar-refractivity contribution in [3.8, 4) is 17.2 Å². The van der Waals surface area contributed by atoms with E-state index in [0.29, 0.717) is 73.1 Å². The summed E-state index contributed by atoms with van der Waals surface area (Å²) in [6.07, 6.45) is 4.04. The Bertz CT molecular complexity index is 2780. The fraction of sp³-hybridized carbons (Fsp3) is 0.480. The lowest BCUT2D eigenvalue weighted by Gasteiger charge is -2.27. The molecule has 4 heterocycles. The van der Waals surface area contributed by atoms with Crippen molar-refractivity contribution in [2.24, 2.45) is 0 Å². The monoisotopic (exact) mass is 1070 g/mol. The minimum Gasteiger partial charge on any atom is -0.493 e. The number of nitrogen functional groups attached to an aromatic ring is 1. The number of aryl methyl sites for hydroxylation is 1. The second-order valence-electron chi connectivity index (χ2n) is 20.9. The van der Waals surface area contributed by atoms with Crippen molar-refractivity contribution in [2.45, 2.75) is 108 Å². The Kier molecular flexibility index (Phi) is 16.5. The summed E-state index contributed by atoms with van der Waals surface area (Å²) >= 11 is 0. The first-order valence-corrected chi connectivity index (χ1v) is 32.9. The molecule has 2 N–H and O–H groups in total. The number of amides is 4. The van der Waals surface area contributed by atoms with Gasteiger partial charge < -0.3 is 38.5 Å². The van der Waals surface area contributed by atoms with Crippen LogP contribution in [0, 0.1) is 6.92 Å². The van der Waals surface area contributed by atoms with Gasteiger partial charge in [-0.1, -0.05) is 51.4 Å². The Labute approximate surface area is 426 Å². The van der Waals surface area contributed by atoms with E-state index >= 15 is 0 Å². The number of rotatable bonds is 22. The van der Waals surface area contributed by atoms with Crippen LogP contribution < -0.4 is 29.7 Å². The van der Waals surface area contributed by atoms with Gasteiger partial charge in [0.25, 0.3) is 23.6 Å². The van der Waals surface area contributed by atoms with Crippen LogP contribution in [0.25, 0.3) is 5.57 Å². The van der Waals surface area contributed by atoms with Gasteiger partial charge in [-0.3, -0.25) is 33.9 Å². The van der Waals surface area contributed by atoms with Crippen LogP contribution in [-0.4, -0.2) is 123 Å². The van der Waals surface area contributed by atoms with Gasteiger partial charge in [0.15, 0.2) is 11.5 Å². The molecule has 4 aliphatic heterocycles. The Hall–Kier alpha value is -5.89. The number of carbonyl (C=O) groups is 4. The zero-order valence-corrected chi connectivity index (χ0v) is 45.2. The number of alkyl halides is 3. The highest BCUT2D eigenvalue weighted by molar-refractivity contribution is 7.87. The van der Waals surface area contributed by atoms with Crippen LogP contribution in [0.2, 0.25) is 51.4 Å². The van der Waals surface area contributed by atoms with E-state index in [1.54, 1.807) is 43.5 Å². The van der Waals surface area contributed by atoms with Crippen molar-refractivity contribution in [3.05, 3.63) is 88.9 Å². The zero-order valence-electron chi connectivity index (χ0n) is 42.4. The average molecular weight is 1070 g/mol. The van der Waals surface area contributed by atoms with Gasteiger partial charge in [0.1, 0.15) is 37.1 Å². The fourth-order valence-electron chi connectivity index (χ4n) is 8.55. The topological polar surface area (TPSA) is 197 Å². The molecule has 0 unspecified atom stereocenters. The molecule has 0 saturated heterocycles. The highest BCUT2D eigenvalue weighted by Crippen LogP contribution is 2.43. The minimum atomic E-state index is -6.06. The molecule has 0 saturated carbocycles. The lowest BCUT2D eigenvalue weighted by atomic mass is 10.0. The second-order valence-corrected chi connectivity index (χ2v) is 33.6. The van der Waals surface area contributed by atoms with Crippen LogP contribution in [0.5, 0.6) is 17.2 Å². The van der Waals surface area contributed by atoms with Gasteiger partial charge in [-0.05, 0) is 79.2 Å². The van der Waals surface area contributed by atoms with Gasteiger partial charge in [0, 0.05) is 72.4 Å². The number of anilines is 3. The highest BCUT2D eigenvalue weighted by atomic mass is 32.2. The number of ether oxygens (including phenoxy) is 5. The zero-order chi connectivity index (χ0) is 53.2. The van der Waals surface area contributed by atoms with Crippen LogP contribution in [-0.2, 0) is 33.4 Å². The maximum Gasteiger partial charge on any atom is 0.534 e. The molecule has 0 spiro atoms. The van der Waals surface area contributed by atoms with Crippen molar-refractivity contribution in [1.82, 2.24) is 9.80 Å². The molecule has 17 nitrogen and oxygen atoms in total. The number of nitrogens with two attached hydrogens (primary N) is 1. The van der Waals surface area contributed by atoms with Crippen molar-refractivity contribution >= 4 is 72.5 Å². The molecular formula is C50H64F3N5O12SSi2. The molecule has 0 aromatic heterocycles. The van der Waals surface area contributed by atoms with E-state index in [1.165, 1.54) is 27.9 Å². The first kappa shape index (κ1) is 54.9. The van der Waals surface area contributed by atoms with Crippen LogP contribution >= 0.6 is 0 Å². The summed E-state index contributed by atoms with van der Waals surface area (Å²) in [6, 6.07) is 13.1. The Balaban J connectivity index is 1.03. The molecule has 73 heavy (non-hydrogen) atoms. The molecule has 0 bridgehead atoms. The van der Waals surface area contributed by atoms with Crippen molar-refractivity contribution in [2.75, 3.05) is 62.5 Å². The molecule has 0 radical (unpaired) electrons. The highest BCUT2D eigenvalue weighted by Gasteiger charge is 2.51. The molecule has 2 atom stereocenters. The first-order chi connectivity index (χ1) is 34.3. The van der Waals surface area contributed by atoms with Crippen molar-refractivity contribution in [1.29, 1.82) is 0 Å². The van der Waals surface area contributed by atoms with Crippen LogP contribution in [0.4, 0.5) is 30.2 Å². The van der Waals surface area contributed by atoms with Gasteiger partial charge in [0.2, 0.25) is 0 Å². The van der Waals surface area contributed by atoms with E-state index in [9.17, 15) is 40.8 Å². The normalized spacial score (nSPS) is 18.2. The third kappa shape index (κ3) is 12.7. The summed E-state index contributed by atoms with van der Waals surface area (Å²) in [5.74, 6) is -1.78. The quantitative estimate of drug-likeness (QED) is 0.0330. The summed E-state index contributed by atoms with van der Waals surface area (Å²) in [5.41, 5.74) is 3.85. The maximum atomic E-state index is 14.5. The molecule has 23 heteroatoms. The largest absolute Gasteiger partial charge is 0.534 e. The number of halogens is 3. The number of hydrogen-bond donors (Lipinski definition) is 1. The molecule has 3 aromatic carbocycles. The SMILES string of the molecule is COc1cc2c(cc1OCCCCCOc1cc3c(cc1C)C(=O)N1C=C(OS(=O)(=O)C(F)(F)F)C[C@H]1C(=O)N3COCC[Si](C)(C)C)N(COCC[Si](C)(C)C)C(=O)[C@@H]1CC(c3ccc(N)cc3)=CN1C2=O. The van der Waals surface area contributed by atoms with Gasteiger partial charge in [-0.15, -0.1) is 0 Å². The van der Waals surface area contributed by atoms with Gasteiger partial charge in [-0.25, -0.2) is 0 Å². The smallest absolute Gasteiger partial charge is 0.493 e. The Morgan fingerprint density at radius 1 is 0.671 bits per heavy atom. The lowest BCUT2D eigenvalue weighted by molar-refractivity contribution is -0.123. The van der Waals surface area contributed by atoms with Gasteiger partial charge in [-0.2, -0.15) is 21.6 Å². The van der Waals surface area contributed by atoms with E-state index < -0.39 is 67.9 Å². The molecule has 0 fully saturated rings. The molecular weight excluding hydrogens is 1010 g/mol. The Morgan fingerprint density at radius 2 is 1.18 bits per heavy atom. The van der Waals surface area contributed by atoms with E-state index in [1.807, 2.05) is 12.1 Å². The second kappa shape index (κ2) is 21.9. The first-order valence-electron chi connectivity index (χ1n) is 24.1. The molecule has 0 aliphatic carbocycles. The summed E-state index contributed by atoms with van der Waals surface area (Å²) in [6.45, 7) is 15.8.